The second-order valence-corrected chi connectivity index (χ2v) is 6.13. The van der Waals surface area contributed by atoms with Gasteiger partial charge in [0.05, 0.1) is 0 Å². The average molecular weight is 291 g/mol. The first-order valence-corrected chi connectivity index (χ1v) is 7.61. The molecule has 0 aromatic carbocycles. The highest BCUT2D eigenvalue weighted by Gasteiger charge is 2.24. The summed E-state index contributed by atoms with van der Waals surface area (Å²) in [4.78, 5) is 11.8. The van der Waals surface area contributed by atoms with E-state index in [0.717, 1.165) is 56.9 Å². The summed E-state index contributed by atoms with van der Waals surface area (Å²) in [6, 6.07) is 0.417. The van der Waals surface area contributed by atoms with Gasteiger partial charge >= 0.3 is 0 Å². The van der Waals surface area contributed by atoms with Gasteiger partial charge in [-0.15, -0.1) is 12.4 Å². The topological polar surface area (TPSA) is 55.1 Å². The Hall–Kier alpha value is -0.280. The first kappa shape index (κ1) is 18.7. The number of amides is 1. The highest BCUT2D eigenvalue weighted by molar-refractivity contribution is 5.85. The van der Waals surface area contributed by atoms with Gasteiger partial charge in [0.1, 0.15) is 0 Å². The van der Waals surface area contributed by atoms with E-state index < -0.39 is 0 Å². The second kappa shape index (κ2) is 10.5. The number of nitrogens with two attached hydrogens (primary N) is 1. The molecule has 1 amide bonds. The molecule has 3 N–H and O–H groups in total. The quantitative estimate of drug-likeness (QED) is 0.707. The number of carbonyl (C=O) groups is 1. The molecule has 3 nitrogen and oxygen atoms in total. The van der Waals surface area contributed by atoms with Gasteiger partial charge in [0.25, 0.3) is 0 Å². The lowest BCUT2D eigenvalue weighted by atomic mass is 9.80. The normalized spacial score (nSPS) is 26.6. The zero-order chi connectivity index (χ0) is 13.4. The summed E-state index contributed by atoms with van der Waals surface area (Å²) in [7, 11) is 0. The molecule has 2 atom stereocenters. The monoisotopic (exact) mass is 290 g/mol. The van der Waals surface area contributed by atoms with Crippen LogP contribution in [0, 0.1) is 11.8 Å². The van der Waals surface area contributed by atoms with Crippen molar-refractivity contribution in [2.45, 2.75) is 71.3 Å². The van der Waals surface area contributed by atoms with Gasteiger partial charge in [0, 0.05) is 12.5 Å². The minimum absolute atomic E-state index is 0. The van der Waals surface area contributed by atoms with Crippen molar-refractivity contribution in [3.05, 3.63) is 0 Å². The number of rotatable bonds is 7. The van der Waals surface area contributed by atoms with Crippen LogP contribution in [0.1, 0.15) is 65.2 Å². The molecule has 4 heteroatoms. The molecule has 0 aliphatic heterocycles. The number of carbonyl (C=O) groups excluding carboxylic acids is 1. The van der Waals surface area contributed by atoms with Crippen molar-refractivity contribution in [3.8, 4) is 0 Å². The van der Waals surface area contributed by atoms with E-state index in [9.17, 15) is 4.79 Å². The lowest BCUT2D eigenvalue weighted by Crippen LogP contribution is -2.39. The summed E-state index contributed by atoms with van der Waals surface area (Å²) in [5.41, 5.74) is 5.44. The van der Waals surface area contributed by atoms with E-state index in [4.69, 9.17) is 5.73 Å². The van der Waals surface area contributed by atoms with Crippen molar-refractivity contribution in [2.75, 3.05) is 6.54 Å². The van der Waals surface area contributed by atoms with E-state index in [2.05, 4.69) is 19.2 Å². The van der Waals surface area contributed by atoms with Gasteiger partial charge in [-0.3, -0.25) is 4.79 Å². The van der Waals surface area contributed by atoms with Crippen LogP contribution in [0.25, 0.3) is 0 Å². The van der Waals surface area contributed by atoms with Crippen molar-refractivity contribution in [3.63, 3.8) is 0 Å². The van der Waals surface area contributed by atoms with Crippen molar-refractivity contribution in [1.29, 1.82) is 0 Å². The Morgan fingerprint density at radius 1 is 1.05 bits per heavy atom. The number of hydrogen-bond acceptors (Lipinski definition) is 2. The van der Waals surface area contributed by atoms with Crippen molar-refractivity contribution < 1.29 is 4.79 Å². The average Bonchev–Trinajstić information content (AvgIpc) is 2.27. The standard InChI is InChI=1S/C15H30N2O.ClH/c1-12-9-13(2)11-14(10-12)17-15(18)7-5-3-4-6-8-16;/h12-14H,3-11,16H2,1-2H3,(H,17,18);1H. The van der Waals surface area contributed by atoms with Crippen LogP contribution in [0.3, 0.4) is 0 Å². The Bertz CT molecular complexity index is 238. The Balaban J connectivity index is 0.00000324. The lowest BCUT2D eigenvalue weighted by Gasteiger charge is -2.32. The lowest BCUT2D eigenvalue weighted by molar-refractivity contribution is -0.122. The third-order valence-electron chi connectivity index (χ3n) is 3.90. The van der Waals surface area contributed by atoms with Crippen LogP contribution in [0.4, 0.5) is 0 Å². The summed E-state index contributed by atoms with van der Waals surface area (Å²) < 4.78 is 0. The molecule has 2 unspecified atom stereocenters. The largest absolute Gasteiger partial charge is 0.353 e. The van der Waals surface area contributed by atoms with Crippen LogP contribution in [-0.4, -0.2) is 18.5 Å². The Morgan fingerprint density at radius 3 is 2.21 bits per heavy atom. The van der Waals surface area contributed by atoms with Gasteiger partial charge in [-0.05, 0) is 50.5 Å². The van der Waals surface area contributed by atoms with E-state index in [1.165, 1.54) is 6.42 Å². The Kier molecular flexibility index (Phi) is 10.3. The SMILES string of the molecule is CC1CC(C)CC(NC(=O)CCCCCCN)C1.Cl. The minimum Gasteiger partial charge on any atom is -0.353 e. The highest BCUT2D eigenvalue weighted by atomic mass is 35.5. The van der Waals surface area contributed by atoms with Crippen LogP contribution < -0.4 is 11.1 Å². The predicted molar refractivity (Wildman–Crippen MR) is 83.5 cm³/mol. The zero-order valence-corrected chi connectivity index (χ0v) is 13.3. The molecule has 0 aromatic heterocycles. The minimum atomic E-state index is 0. The molecular weight excluding hydrogens is 260 g/mol. The molecule has 1 fully saturated rings. The fourth-order valence-electron chi connectivity index (χ4n) is 3.15. The number of hydrogen-bond donors (Lipinski definition) is 2. The van der Waals surface area contributed by atoms with Crippen LogP contribution in [0.15, 0.2) is 0 Å². The molecule has 1 aliphatic rings. The van der Waals surface area contributed by atoms with Gasteiger partial charge < -0.3 is 11.1 Å². The molecule has 0 heterocycles. The van der Waals surface area contributed by atoms with Gasteiger partial charge in [0.15, 0.2) is 0 Å². The molecule has 19 heavy (non-hydrogen) atoms. The summed E-state index contributed by atoms with van der Waals surface area (Å²) in [5, 5.41) is 3.21. The fourth-order valence-corrected chi connectivity index (χ4v) is 3.15. The summed E-state index contributed by atoms with van der Waals surface area (Å²) in [6.45, 7) is 5.35. The molecule has 1 saturated carbocycles. The van der Waals surface area contributed by atoms with E-state index in [-0.39, 0.29) is 18.3 Å². The van der Waals surface area contributed by atoms with Crippen molar-refractivity contribution >= 4 is 18.3 Å². The zero-order valence-electron chi connectivity index (χ0n) is 12.5. The summed E-state index contributed by atoms with van der Waals surface area (Å²) in [5.74, 6) is 1.75. The van der Waals surface area contributed by atoms with E-state index in [1.807, 2.05) is 0 Å². The summed E-state index contributed by atoms with van der Waals surface area (Å²) in [6.07, 6.45) is 8.67. The molecule has 0 radical (unpaired) electrons. The van der Waals surface area contributed by atoms with Crippen LogP contribution in [-0.2, 0) is 4.79 Å². The first-order chi connectivity index (χ1) is 8.61. The molecule has 114 valence electrons. The first-order valence-electron chi connectivity index (χ1n) is 7.61. The van der Waals surface area contributed by atoms with Gasteiger partial charge in [-0.2, -0.15) is 0 Å². The summed E-state index contributed by atoms with van der Waals surface area (Å²) >= 11 is 0. The molecule has 1 aliphatic carbocycles. The third-order valence-corrected chi connectivity index (χ3v) is 3.90. The number of nitrogens with one attached hydrogen (secondary N) is 1. The predicted octanol–water partition coefficient (Wildman–Crippen LogP) is 3.26. The number of unbranched alkanes of at least 4 members (excludes halogenated alkanes) is 3. The molecule has 0 bridgehead atoms. The van der Waals surface area contributed by atoms with Crippen molar-refractivity contribution in [1.82, 2.24) is 5.32 Å². The molecule has 1 rings (SSSR count). The molecule has 0 saturated heterocycles. The molecule has 0 aromatic rings. The molecular formula is C15H31ClN2O. The number of halogens is 1. The van der Waals surface area contributed by atoms with Gasteiger partial charge in [-0.1, -0.05) is 26.7 Å². The third kappa shape index (κ3) is 8.48. The maximum Gasteiger partial charge on any atom is 0.220 e. The van der Waals surface area contributed by atoms with E-state index in [0.29, 0.717) is 12.5 Å². The highest BCUT2D eigenvalue weighted by Crippen LogP contribution is 2.28. The van der Waals surface area contributed by atoms with Crippen LogP contribution in [0.5, 0.6) is 0 Å². The van der Waals surface area contributed by atoms with Gasteiger partial charge in [-0.25, -0.2) is 0 Å². The Labute approximate surface area is 124 Å². The van der Waals surface area contributed by atoms with Crippen molar-refractivity contribution in [2.24, 2.45) is 17.6 Å². The maximum atomic E-state index is 11.8. The fraction of sp³-hybridized carbons (Fsp3) is 0.933. The maximum absolute atomic E-state index is 11.8. The van der Waals surface area contributed by atoms with Crippen LogP contribution >= 0.6 is 12.4 Å². The Morgan fingerprint density at radius 2 is 1.63 bits per heavy atom. The molecule has 0 spiro atoms. The van der Waals surface area contributed by atoms with E-state index in [1.54, 1.807) is 0 Å². The van der Waals surface area contributed by atoms with Gasteiger partial charge in [0.2, 0.25) is 5.91 Å². The smallest absolute Gasteiger partial charge is 0.220 e. The second-order valence-electron chi connectivity index (χ2n) is 6.13. The van der Waals surface area contributed by atoms with E-state index >= 15 is 0 Å². The van der Waals surface area contributed by atoms with Crippen LogP contribution in [0.2, 0.25) is 0 Å².